The molecule has 0 saturated heterocycles. The van der Waals surface area contributed by atoms with E-state index in [0.717, 1.165) is 18.2 Å². The maximum absolute atomic E-state index is 13.2. The Balaban J connectivity index is 2.93. The lowest BCUT2D eigenvalue weighted by Gasteiger charge is -2.15. The second-order valence-electron chi connectivity index (χ2n) is 4.75. The van der Waals surface area contributed by atoms with Crippen LogP contribution in [-0.4, -0.2) is 4.98 Å². The van der Waals surface area contributed by atoms with Crippen LogP contribution in [0.1, 0.15) is 16.8 Å². The van der Waals surface area contributed by atoms with Crippen molar-refractivity contribution in [3.63, 3.8) is 0 Å². The zero-order chi connectivity index (χ0) is 19.4. The molecule has 0 saturated carbocycles. The lowest BCUT2D eigenvalue weighted by atomic mass is 10.0. The molecule has 0 atom stereocenters. The van der Waals surface area contributed by atoms with Crippen molar-refractivity contribution in [1.82, 2.24) is 4.98 Å². The van der Waals surface area contributed by atoms with Crippen LogP contribution in [0.2, 0.25) is 10.0 Å². The molecule has 12 heteroatoms. The third-order valence-electron chi connectivity index (χ3n) is 3.06. The molecule has 0 radical (unpaired) electrons. The Bertz CT molecular complexity index is 800. The van der Waals surface area contributed by atoms with Crippen LogP contribution in [0.3, 0.4) is 0 Å². The Morgan fingerprint density at radius 1 is 0.680 bits per heavy atom. The highest BCUT2D eigenvalue weighted by atomic mass is 35.5. The van der Waals surface area contributed by atoms with Gasteiger partial charge in [-0.25, -0.2) is 0 Å². The van der Waals surface area contributed by atoms with Gasteiger partial charge in [0.25, 0.3) is 0 Å². The van der Waals surface area contributed by atoms with E-state index in [-0.39, 0.29) is 10.0 Å². The average molecular weight is 416 g/mol. The van der Waals surface area contributed by atoms with Gasteiger partial charge >= 0.3 is 18.5 Å². The SMILES string of the molecule is FC(F)(F)c1[nH]c(-c2ccc(Cl)c(Cl)c2)c(C(F)(F)F)c1C(F)(F)F. The van der Waals surface area contributed by atoms with Crippen molar-refractivity contribution in [2.75, 3.05) is 0 Å². The molecule has 1 heterocycles. The van der Waals surface area contributed by atoms with E-state index < -0.39 is 46.6 Å². The van der Waals surface area contributed by atoms with Gasteiger partial charge in [0, 0.05) is 5.56 Å². The maximum atomic E-state index is 13.2. The highest BCUT2D eigenvalue weighted by Gasteiger charge is 2.53. The highest BCUT2D eigenvalue weighted by molar-refractivity contribution is 6.42. The predicted octanol–water partition coefficient (Wildman–Crippen LogP) is 7.04. The monoisotopic (exact) mass is 415 g/mol. The normalized spacial score (nSPS) is 13.4. The fourth-order valence-corrected chi connectivity index (χ4v) is 2.45. The van der Waals surface area contributed by atoms with Gasteiger partial charge in [-0.3, -0.25) is 0 Å². The topological polar surface area (TPSA) is 15.8 Å². The Kier molecular flexibility index (Phi) is 4.75. The van der Waals surface area contributed by atoms with Crippen molar-refractivity contribution in [3.8, 4) is 11.3 Å². The fourth-order valence-electron chi connectivity index (χ4n) is 2.15. The van der Waals surface area contributed by atoms with E-state index in [9.17, 15) is 39.5 Å². The van der Waals surface area contributed by atoms with E-state index in [2.05, 4.69) is 0 Å². The smallest absolute Gasteiger partial charge is 0.350 e. The number of hydrogen-bond acceptors (Lipinski definition) is 0. The Morgan fingerprint density at radius 3 is 1.60 bits per heavy atom. The molecule has 2 rings (SSSR count). The van der Waals surface area contributed by atoms with Gasteiger partial charge in [-0.1, -0.05) is 29.3 Å². The molecule has 0 aliphatic heterocycles. The molecule has 1 nitrogen and oxygen atoms in total. The second kappa shape index (κ2) is 6.01. The van der Waals surface area contributed by atoms with E-state index in [4.69, 9.17) is 23.2 Å². The van der Waals surface area contributed by atoms with Gasteiger partial charge in [-0.15, -0.1) is 0 Å². The second-order valence-corrected chi connectivity index (χ2v) is 5.56. The molecule has 0 unspecified atom stereocenters. The molecule has 0 amide bonds. The lowest BCUT2D eigenvalue weighted by Crippen LogP contribution is -2.20. The zero-order valence-electron chi connectivity index (χ0n) is 11.4. The summed E-state index contributed by atoms with van der Waals surface area (Å²) < 4.78 is 117. The average Bonchev–Trinajstić information content (AvgIpc) is 2.82. The number of H-pyrrole nitrogens is 1. The number of nitrogens with one attached hydrogen (secondary N) is 1. The number of rotatable bonds is 1. The molecule has 25 heavy (non-hydrogen) atoms. The van der Waals surface area contributed by atoms with E-state index >= 15 is 0 Å². The summed E-state index contributed by atoms with van der Waals surface area (Å²) in [6, 6.07) is 2.49. The molecular formula is C13H4Cl2F9N. The molecule has 0 aliphatic rings. The van der Waals surface area contributed by atoms with Crippen molar-refractivity contribution in [3.05, 3.63) is 45.1 Å². The van der Waals surface area contributed by atoms with E-state index in [1.807, 2.05) is 0 Å². The first-order valence-corrected chi connectivity index (χ1v) is 6.82. The van der Waals surface area contributed by atoms with E-state index in [1.54, 1.807) is 0 Å². The van der Waals surface area contributed by atoms with Crippen molar-refractivity contribution in [1.29, 1.82) is 0 Å². The minimum absolute atomic E-state index is 0.141. The van der Waals surface area contributed by atoms with Crippen LogP contribution in [0.4, 0.5) is 39.5 Å². The summed E-state index contributed by atoms with van der Waals surface area (Å²) in [4.78, 5) is 1.20. The summed E-state index contributed by atoms with van der Waals surface area (Å²) in [5, 5.41) is -0.485. The van der Waals surface area contributed by atoms with Crippen LogP contribution >= 0.6 is 23.2 Å². The van der Waals surface area contributed by atoms with Crippen LogP contribution in [0.25, 0.3) is 11.3 Å². The molecule has 1 aromatic carbocycles. The Hall–Kier alpha value is -1.55. The third kappa shape index (κ3) is 3.84. The molecular weight excluding hydrogens is 412 g/mol. The number of hydrogen-bond donors (Lipinski definition) is 1. The molecule has 138 valence electrons. The number of aromatic nitrogens is 1. The molecule has 0 spiro atoms. The van der Waals surface area contributed by atoms with Crippen molar-refractivity contribution < 1.29 is 39.5 Å². The lowest BCUT2D eigenvalue weighted by molar-refractivity contribution is -0.173. The molecule has 2 aromatic rings. The zero-order valence-corrected chi connectivity index (χ0v) is 12.9. The van der Waals surface area contributed by atoms with Gasteiger partial charge in [0.2, 0.25) is 0 Å². The number of alkyl halides is 9. The summed E-state index contributed by atoms with van der Waals surface area (Å²) in [6.07, 6.45) is -17.3. The molecule has 0 bridgehead atoms. The summed E-state index contributed by atoms with van der Waals surface area (Å²) in [7, 11) is 0. The van der Waals surface area contributed by atoms with Crippen molar-refractivity contribution in [2.24, 2.45) is 0 Å². The van der Waals surface area contributed by atoms with Crippen LogP contribution in [-0.2, 0) is 18.5 Å². The highest BCUT2D eigenvalue weighted by Crippen LogP contribution is 2.50. The van der Waals surface area contributed by atoms with Gasteiger partial charge < -0.3 is 4.98 Å². The van der Waals surface area contributed by atoms with E-state index in [1.165, 1.54) is 4.98 Å². The largest absolute Gasteiger partial charge is 0.431 e. The molecule has 1 N–H and O–H groups in total. The number of aromatic amines is 1. The van der Waals surface area contributed by atoms with Gasteiger partial charge in [-0.2, -0.15) is 39.5 Å². The molecule has 0 fully saturated rings. The van der Waals surface area contributed by atoms with Crippen LogP contribution in [0.5, 0.6) is 0 Å². The number of halogens is 11. The standard InChI is InChI=1S/C13H4Cl2F9N/c14-5-2-1-4(3-6(5)15)9-7(11(16,17)18)8(12(19,20)21)10(25-9)13(22,23)24/h1-3,25H. The molecule has 1 aromatic heterocycles. The first kappa shape index (κ1) is 19.8. The fraction of sp³-hybridized carbons (Fsp3) is 0.231. The number of benzene rings is 1. The van der Waals surface area contributed by atoms with Crippen LogP contribution < -0.4 is 0 Å². The Morgan fingerprint density at radius 2 is 1.20 bits per heavy atom. The molecule has 0 aliphatic carbocycles. The predicted molar refractivity (Wildman–Crippen MR) is 71.3 cm³/mol. The van der Waals surface area contributed by atoms with Crippen molar-refractivity contribution >= 4 is 23.2 Å². The van der Waals surface area contributed by atoms with E-state index in [0.29, 0.717) is 0 Å². The van der Waals surface area contributed by atoms with Gasteiger partial charge in [0.1, 0.15) is 5.69 Å². The minimum Gasteiger partial charge on any atom is -0.350 e. The van der Waals surface area contributed by atoms with Crippen LogP contribution in [0.15, 0.2) is 18.2 Å². The van der Waals surface area contributed by atoms with Gasteiger partial charge in [-0.05, 0) is 12.1 Å². The van der Waals surface area contributed by atoms with Crippen molar-refractivity contribution in [2.45, 2.75) is 18.5 Å². The summed E-state index contributed by atoms with van der Waals surface area (Å²) in [6.45, 7) is 0. The first-order chi connectivity index (χ1) is 11.1. The Labute approximate surface area is 143 Å². The van der Waals surface area contributed by atoms with Gasteiger partial charge in [0.15, 0.2) is 0 Å². The van der Waals surface area contributed by atoms with Crippen LogP contribution in [0, 0.1) is 0 Å². The summed E-state index contributed by atoms with van der Waals surface area (Å²) in [5.74, 6) is 0. The first-order valence-electron chi connectivity index (χ1n) is 6.07. The third-order valence-corrected chi connectivity index (χ3v) is 3.80. The maximum Gasteiger partial charge on any atom is 0.431 e. The minimum atomic E-state index is -5.90. The summed E-state index contributed by atoms with van der Waals surface area (Å²) >= 11 is 11.1. The summed E-state index contributed by atoms with van der Waals surface area (Å²) in [5.41, 5.74) is -9.92. The quantitative estimate of drug-likeness (QED) is 0.480. The van der Waals surface area contributed by atoms with Gasteiger partial charge in [0.05, 0.1) is 26.9 Å².